The summed E-state index contributed by atoms with van der Waals surface area (Å²) in [6.07, 6.45) is 1.56. The van der Waals surface area contributed by atoms with Gasteiger partial charge >= 0.3 is 0 Å². The van der Waals surface area contributed by atoms with Gasteiger partial charge < -0.3 is 14.8 Å². The zero-order valence-electron chi connectivity index (χ0n) is 18.1. The summed E-state index contributed by atoms with van der Waals surface area (Å²) in [5.74, 6) is -0.378. The largest absolute Gasteiger partial charge is 0.485 e. The lowest BCUT2D eigenvalue weighted by Gasteiger charge is -2.13. The van der Waals surface area contributed by atoms with Gasteiger partial charge in [-0.05, 0) is 38.1 Å². The molecule has 0 aliphatic rings. The maximum atomic E-state index is 13.6. The lowest BCUT2D eigenvalue weighted by molar-refractivity contribution is -0.118. The van der Waals surface area contributed by atoms with Gasteiger partial charge in [-0.25, -0.2) is 9.37 Å². The van der Waals surface area contributed by atoms with E-state index in [1.54, 1.807) is 41.3 Å². The van der Waals surface area contributed by atoms with Gasteiger partial charge in [0.2, 0.25) is 0 Å². The number of nitrogens with one attached hydrogen (secondary N) is 1. The van der Waals surface area contributed by atoms with Crippen LogP contribution in [0.15, 0.2) is 65.7 Å². The Morgan fingerprint density at radius 1 is 1.09 bits per heavy atom. The molecule has 0 bridgehead atoms. The number of para-hydroxylation sites is 3. The fourth-order valence-electron chi connectivity index (χ4n) is 3.15. The van der Waals surface area contributed by atoms with E-state index >= 15 is 0 Å². The molecule has 10 heteroatoms. The predicted molar refractivity (Wildman–Crippen MR) is 119 cm³/mol. The highest BCUT2D eigenvalue weighted by Gasteiger charge is 2.13. The Morgan fingerprint density at radius 2 is 1.82 bits per heavy atom. The van der Waals surface area contributed by atoms with E-state index < -0.39 is 11.7 Å². The number of halogens is 1. The molecule has 9 nitrogen and oxygen atoms in total. The fraction of sp³-hybridized carbons (Fsp3) is 0.217. The van der Waals surface area contributed by atoms with Gasteiger partial charge in [0.05, 0.1) is 11.4 Å². The van der Waals surface area contributed by atoms with Crippen molar-refractivity contribution in [2.75, 3.05) is 11.9 Å². The van der Waals surface area contributed by atoms with Gasteiger partial charge in [0, 0.05) is 12.1 Å². The quantitative estimate of drug-likeness (QED) is 0.442. The van der Waals surface area contributed by atoms with Gasteiger partial charge in [0.25, 0.3) is 17.2 Å². The summed E-state index contributed by atoms with van der Waals surface area (Å²) in [4.78, 5) is 33.4. The molecule has 4 aromatic rings. The maximum absolute atomic E-state index is 13.6. The van der Waals surface area contributed by atoms with Crippen LogP contribution >= 0.6 is 0 Å². The topological polar surface area (TPSA) is 99.8 Å². The lowest BCUT2D eigenvalue weighted by Crippen LogP contribution is -2.23. The van der Waals surface area contributed by atoms with Crippen LogP contribution in [-0.2, 0) is 11.4 Å². The van der Waals surface area contributed by atoms with Gasteiger partial charge in [-0.3, -0.25) is 14.3 Å². The molecule has 1 amide bonds. The summed E-state index contributed by atoms with van der Waals surface area (Å²) in [5, 5.41) is 2.68. The van der Waals surface area contributed by atoms with Crippen molar-refractivity contribution >= 4 is 17.4 Å². The lowest BCUT2D eigenvalue weighted by atomic mass is 10.3. The Balaban J connectivity index is 1.43. The molecule has 33 heavy (non-hydrogen) atoms. The molecule has 0 fully saturated rings. The molecular weight excluding hydrogens is 429 g/mol. The summed E-state index contributed by atoms with van der Waals surface area (Å²) in [6, 6.07) is 14.1. The van der Waals surface area contributed by atoms with Gasteiger partial charge in [0.15, 0.2) is 18.2 Å². The van der Waals surface area contributed by atoms with Gasteiger partial charge in [0.1, 0.15) is 18.7 Å². The molecule has 0 saturated heterocycles. The third-order valence-electron chi connectivity index (χ3n) is 4.72. The third kappa shape index (κ3) is 5.00. The van der Waals surface area contributed by atoms with Crippen LogP contribution in [-0.4, -0.2) is 31.7 Å². The Morgan fingerprint density at radius 3 is 2.58 bits per heavy atom. The normalized spacial score (nSPS) is 11.0. The van der Waals surface area contributed by atoms with Crippen LogP contribution in [0.1, 0.15) is 25.6 Å². The molecule has 0 spiro atoms. The van der Waals surface area contributed by atoms with Crippen LogP contribution < -0.4 is 20.3 Å². The highest BCUT2D eigenvalue weighted by Crippen LogP contribution is 2.24. The monoisotopic (exact) mass is 451 g/mol. The van der Waals surface area contributed by atoms with E-state index in [9.17, 15) is 14.0 Å². The Hall–Kier alpha value is -4.21. The number of hydrogen-bond acceptors (Lipinski definition) is 6. The van der Waals surface area contributed by atoms with Crippen molar-refractivity contribution in [2.45, 2.75) is 26.5 Å². The number of benzene rings is 2. The van der Waals surface area contributed by atoms with Gasteiger partial charge in [-0.1, -0.05) is 24.3 Å². The highest BCUT2D eigenvalue weighted by molar-refractivity contribution is 5.93. The summed E-state index contributed by atoms with van der Waals surface area (Å²) >= 11 is 0. The summed E-state index contributed by atoms with van der Waals surface area (Å²) < 4.78 is 27.8. The zero-order chi connectivity index (χ0) is 23.4. The van der Waals surface area contributed by atoms with Crippen molar-refractivity contribution in [1.29, 1.82) is 0 Å². The average molecular weight is 451 g/mol. The van der Waals surface area contributed by atoms with Crippen molar-refractivity contribution < 1.29 is 18.7 Å². The second-order valence-electron chi connectivity index (χ2n) is 7.47. The molecule has 2 aromatic carbocycles. The minimum absolute atomic E-state index is 0.00110. The average Bonchev–Trinajstić information content (AvgIpc) is 3.23. The van der Waals surface area contributed by atoms with Crippen LogP contribution in [0.3, 0.4) is 0 Å². The number of rotatable bonds is 8. The Labute approximate surface area is 188 Å². The number of aromatic nitrogens is 4. The molecule has 1 N–H and O–H groups in total. The number of ether oxygens (including phenoxy) is 2. The number of hydrogen-bond donors (Lipinski definition) is 1. The number of carbonyl (C=O) groups excluding carboxylic acids is 1. The van der Waals surface area contributed by atoms with E-state index in [1.165, 1.54) is 28.8 Å². The highest BCUT2D eigenvalue weighted by atomic mass is 19.1. The molecule has 0 saturated carbocycles. The molecule has 0 atom stereocenters. The number of carbonyl (C=O) groups is 1. The van der Waals surface area contributed by atoms with E-state index in [0.29, 0.717) is 17.1 Å². The Bertz CT molecular complexity index is 1350. The summed E-state index contributed by atoms with van der Waals surface area (Å²) in [7, 11) is 0. The molecule has 170 valence electrons. The van der Waals surface area contributed by atoms with E-state index in [0.717, 1.165) is 0 Å². The first-order chi connectivity index (χ1) is 15.9. The third-order valence-corrected chi connectivity index (χ3v) is 4.72. The number of amides is 1. The smallest absolute Gasteiger partial charge is 0.274 e. The van der Waals surface area contributed by atoms with Crippen LogP contribution in [0.5, 0.6) is 11.5 Å². The SMILES string of the molecule is CC(C)n1cnc2nc(COc3ccccc3NC(=O)COc3ccccc3F)cc(=O)n21. The van der Waals surface area contributed by atoms with Crippen molar-refractivity contribution in [2.24, 2.45) is 0 Å². The van der Waals surface area contributed by atoms with Crippen LogP contribution in [0.4, 0.5) is 10.1 Å². The van der Waals surface area contributed by atoms with E-state index in [-0.39, 0.29) is 36.3 Å². The molecule has 0 aliphatic carbocycles. The van der Waals surface area contributed by atoms with Gasteiger partial charge in [-0.2, -0.15) is 9.50 Å². The summed E-state index contributed by atoms with van der Waals surface area (Å²) in [6.45, 7) is 3.51. The van der Waals surface area contributed by atoms with Crippen LogP contribution in [0.25, 0.3) is 5.78 Å². The first-order valence-electron chi connectivity index (χ1n) is 10.3. The van der Waals surface area contributed by atoms with Crippen LogP contribution in [0.2, 0.25) is 0 Å². The van der Waals surface area contributed by atoms with E-state index in [4.69, 9.17) is 9.47 Å². The molecule has 2 heterocycles. The Kier molecular flexibility index (Phi) is 6.34. The molecular formula is C23H22FN5O4. The molecule has 0 radical (unpaired) electrons. The second kappa shape index (κ2) is 9.51. The molecule has 0 unspecified atom stereocenters. The minimum Gasteiger partial charge on any atom is -0.485 e. The van der Waals surface area contributed by atoms with Crippen molar-refractivity contribution in [3.05, 3.63) is 82.8 Å². The first-order valence-corrected chi connectivity index (χ1v) is 10.3. The van der Waals surface area contributed by atoms with Crippen molar-refractivity contribution in [1.82, 2.24) is 19.2 Å². The minimum atomic E-state index is -0.548. The fourth-order valence-corrected chi connectivity index (χ4v) is 3.15. The number of anilines is 1. The van der Waals surface area contributed by atoms with Crippen molar-refractivity contribution in [3.63, 3.8) is 0 Å². The standard InChI is InChI=1S/C23H22FN5O4/c1-15(2)28-14-25-23-26-16(11-22(31)29(23)28)12-32-20-10-6-4-8-18(20)27-21(30)13-33-19-9-5-3-7-17(19)24/h3-11,14-15H,12-13H2,1-2H3,(H,27,30). The summed E-state index contributed by atoms with van der Waals surface area (Å²) in [5.41, 5.74) is 0.538. The molecule has 2 aromatic heterocycles. The second-order valence-corrected chi connectivity index (χ2v) is 7.47. The molecule has 0 aliphatic heterocycles. The zero-order valence-corrected chi connectivity index (χ0v) is 18.1. The van der Waals surface area contributed by atoms with E-state index in [1.807, 2.05) is 13.8 Å². The number of fused-ring (bicyclic) bond motifs is 1. The predicted octanol–water partition coefficient (Wildman–Crippen LogP) is 3.21. The van der Waals surface area contributed by atoms with Crippen LogP contribution in [0, 0.1) is 5.82 Å². The maximum Gasteiger partial charge on any atom is 0.274 e. The van der Waals surface area contributed by atoms with Gasteiger partial charge in [-0.15, -0.1) is 0 Å². The first kappa shape index (κ1) is 22.0. The molecule has 4 rings (SSSR count). The van der Waals surface area contributed by atoms with Crippen molar-refractivity contribution in [3.8, 4) is 11.5 Å². The number of nitrogens with zero attached hydrogens (tertiary/aromatic N) is 4. The van der Waals surface area contributed by atoms with E-state index in [2.05, 4.69) is 15.3 Å².